The number of likely N-dealkylation sites (N-methyl/N-ethyl adjacent to an activating group) is 1. The number of amides is 2. The van der Waals surface area contributed by atoms with Crippen molar-refractivity contribution in [1.29, 1.82) is 0 Å². The van der Waals surface area contributed by atoms with E-state index in [4.69, 9.17) is 0 Å². The number of carbonyl (C=O) groups is 1. The Kier molecular flexibility index (Phi) is 6.00. The number of alkyl halides is 2. The van der Waals surface area contributed by atoms with Crippen LogP contribution in [-0.4, -0.2) is 44.3 Å². The van der Waals surface area contributed by atoms with Gasteiger partial charge in [0.05, 0.1) is 6.20 Å². The van der Waals surface area contributed by atoms with Crippen LogP contribution in [0.25, 0.3) is 0 Å². The number of thiazole rings is 1. The first-order valence-electron chi connectivity index (χ1n) is 10.4. The van der Waals surface area contributed by atoms with Crippen molar-refractivity contribution in [2.45, 2.75) is 68.4 Å². The Morgan fingerprint density at radius 3 is 2.64 bits per heavy atom. The molecule has 3 unspecified atom stereocenters. The van der Waals surface area contributed by atoms with Crippen LogP contribution in [0.3, 0.4) is 0 Å². The average Bonchev–Trinajstić information content (AvgIpc) is 3.29. The van der Waals surface area contributed by atoms with Crippen molar-refractivity contribution >= 4 is 33.0 Å². The summed E-state index contributed by atoms with van der Waals surface area (Å²) >= 11 is 1.04. The van der Waals surface area contributed by atoms with Gasteiger partial charge in [-0.05, 0) is 49.4 Å². The minimum atomic E-state index is -3.37. The number of nitrogens with zero attached hydrogens (tertiary/aromatic N) is 3. The van der Waals surface area contributed by atoms with Crippen LogP contribution in [0.2, 0.25) is 0 Å². The molecule has 1 aliphatic carbocycles. The molecule has 2 aliphatic rings. The molecule has 0 saturated heterocycles. The Morgan fingerprint density at radius 2 is 2.06 bits per heavy atom. The number of urea groups is 1. The third-order valence-electron chi connectivity index (χ3n) is 5.74. The van der Waals surface area contributed by atoms with E-state index >= 15 is 0 Å². The smallest absolute Gasteiger partial charge is 0.387 e. The largest absolute Gasteiger partial charge is 0.435 e. The normalized spacial score (nSPS) is 25.5. The molecule has 8 nitrogen and oxygen atoms in total. The van der Waals surface area contributed by atoms with Gasteiger partial charge in [-0.15, -0.1) is 15.7 Å². The van der Waals surface area contributed by atoms with Gasteiger partial charge in [0, 0.05) is 24.7 Å². The second-order valence-corrected chi connectivity index (χ2v) is 12.5. The molecule has 2 heterocycles. The van der Waals surface area contributed by atoms with Gasteiger partial charge in [-0.1, -0.05) is 13.8 Å². The summed E-state index contributed by atoms with van der Waals surface area (Å²) in [7, 11) is -1.74. The van der Waals surface area contributed by atoms with Crippen molar-refractivity contribution in [3.8, 4) is 5.75 Å². The number of carbonyl (C=O) groups excluding carboxylic acids is 1. The Bertz CT molecular complexity index is 1220. The minimum absolute atomic E-state index is 0.0178. The lowest BCUT2D eigenvalue weighted by Crippen LogP contribution is -2.30. The van der Waals surface area contributed by atoms with Gasteiger partial charge < -0.3 is 15.2 Å². The van der Waals surface area contributed by atoms with Gasteiger partial charge in [0.15, 0.2) is 9.92 Å². The SMILES string of the molecule is CC(C)c1cc(OC(F)F)cc2c1NC(=O)N=S(=O)(c1cnc(C(C)(C)O)s1)N(C)C1CC21. The summed E-state index contributed by atoms with van der Waals surface area (Å²) in [6, 6.07) is 1.96. The highest BCUT2D eigenvalue weighted by Crippen LogP contribution is 2.52. The molecular formula is C21H26F2N4O4S2. The fourth-order valence-electron chi connectivity index (χ4n) is 3.98. The summed E-state index contributed by atoms with van der Waals surface area (Å²) in [5.74, 6) is -0.236. The van der Waals surface area contributed by atoms with E-state index in [1.807, 2.05) is 13.8 Å². The zero-order valence-electron chi connectivity index (χ0n) is 18.8. The average molecular weight is 501 g/mol. The van der Waals surface area contributed by atoms with Crippen molar-refractivity contribution in [3.63, 3.8) is 0 Å². The molecule has 180 valence electrons. The third kappa shape index (κ3) is 4.48. The van der Waals surface area contributed by atoms with Crippen LogP contribution in [0.4, 0.5) is 19.3 Å². The summed E-state index contributed by atoms with van der Waals surface area (Å²) in [5, 5.41) is 13.4. The number of aliphatic hydroxyl groups is 1. The fourth-order valence-corrected chi connectivity index (χ4v) is 7.33. The monoisotopic (exact) mass is 500 g/mol. The predicted molar refractivity (Wildman–Crippen MR) is 121 cm³/mol. The number of ether oxygens (including phenoxy) is 1. The van der Waals surface area contributed by atoms with Crippen molar-refractivity contribution in [1.82, 2.24) is 9.29 Å². The molecule has 33 heavy (non-hydrogen) atoms. The molecule has 3 atom stereocenters. The first-order chi connectivity index (χ1) is 15.3. The molecule has 1 aliphatic heterocycles. The molecule has 2 aromatic rings. The Balaban J connectivity index is 1.83. The van der Waals surface area contributed by atoms with Crippen LogP contribution in [0.1, 0.15) is 62.1 Å². The molecule has 0 bridgehead atoms. The lowest BCUT2D eigenvalue weighted by Gasteiger charge is -2.20. The number of hydrogen-bond donors (Lipinski definition) is 2. The summed E-state index contributed by atoms with van der Waals surface area (Å²) in [5.41, 5.74) is 0.549. The van der Waals surface area contributed by atoms with E-state index < -0.39 is 28.2 Å². The topological polar surface area (TPSA) is 104 Å². The molecule has 0 spiro atoms. The summed E-state index contributed by atoms with van der Waals surface area (Å²) in [6.07, 6.45) is 1.99. The van der Waals surface area contributed by atoms with Crippen LogP contribution in [-0.2, 0) is 15.5 Å². The number of benzene rings is 1. The molecule has 1 aromatic carbocycles. The number of nitrogens with one attached hydrogen (secondary N) is 1. The maximum absolute atomic E-state index is 14.1. The predicted octanol–water partition coefficient (Wildman–Crippen LogP) is 4.87. The highest BCUT2D eigenvalue weighted by atomic mass is 32.2. The van der Waals surface area contributed by atoms with E-state index in [0.29, 0.717) is 28.2 Å². The van der Waals surface area contributed by atoms with Crippen molar-refractivity contribution in [2.24, 2.45) is 4.36 Å². The van der Waals surface area contributed by atoms with E-state index in [9.17, 15) is 22.9 Å². The van der Waals surface area contributed by atoms with Gasteiger partial charge in [-0.25, -0.2) is 18.3 Å². The third-order valence-corrected chi connectivity index (χ3v) is 9.84. The van der Waals surface area contributed by atoms with Gasteiger partial charge in [0.25, 0.3) is 0 Å². The quantitative estimate of drug-likeness (QED) is 0.610. The zero-order valence-corrected chi connectivity index (χ0v) is 20.5. The molecule has 2 N–H and O–H groups in total. The van der Waals surface area contributed by atoms with Gasteiger partial charge >= 0.3 is 12.6 Å². The Morgan fingerprint density at radius 1 is 1.36 bits per heavy atom. The molecule has 2 amide bonds. The van der Waals surface area contributed by atoms with Gasteiger partial charge in [0.2, 0.25) is 0 Å². The first-order valence-corrected chi connectivity index (χ1v) is 12.7. The van der Waals surface area contributed by atoms with Gasteiger partial charge in [0.1, 0.15) is 20.6 Å². The van der Waals surface area contributed by atoms with E-state index in [0.717, 1.165) is 11.3 Å². The fraction of sp³-hybridized carbons (Fsp3) is 0.524. The molecule has 4 rings (SSSR count). The molecule has 1 fully saturated rings. The number of fused-ring (bicyclic) bond motifs is 3. The van der Waals surface area contributed by atoms with Crippen LogP contribution in [0.5, 0.6) is 5.75 Å². The van der Waals surface area contributed by atoms with Crippen LogP contribution < -0.4 is 10.1 Å². The number of anilines is 1. The lowest BCUT2D eigenvalue weighted by atomic mass is 9.95. The maximum Gasteiger partial charge on any atom is 0.387 e. The van der Waals surface area contributed by atoms with Gasteiger partial charge in [-0.3, -0.25) is 0 Å². The molecule has 12 heteroatoms. The first kappa shape index (κ1) is 24.0. The molecule has 1 aromatic heterocycles. The summed E-state index contributed by atoms with van der Waals surface area (Å²) in [4.78, 5) is 17.1. The number of halogens is 2. The lowest BCUT2D eigenvalue weighted by molar-refractivity contribution is -0.0499. The standard InChI is InChI=1S/C21H26F2N4O4S2/c1-10(2)12-6-11(31-19(22)23)7-14-13-8-15(13)27(5)33(30,26-20(28)25-17(12)14)16-9-24-18(32-16)21(3,4)29/h6-7,9-10,13,15,19,29H,8H2,1-5H3,(H,25,28). The van der Waals surface area contributed by atoms with E-state index in [2.05, 4.69) is 19.4 Å². The van der Waals surface area contributed by atoms with Crippen molar-refractivity contribution in [3.05, 3.63) is 34.5 Å². The highest BCUT2D eigenvalue weighted by Gasteiger charge is 2.48. The second-order valence-electron chi connectivity index (χ2n) is 9.03. The Hall–Kier alpha value is -2.15. The summed E-state index contributed by atoms with van der Waals surface area (Å²) in [6.45, 7) is 3.93. The van der Waals surface area contributed by atoms with Crippen molar-refractivity contribution < 1.29 is 27.6 Å². The highest BCUT2D eigenvalue weighted by molar-refractivity contribution is 7.93. The van der Waals surface area contributed by atoms with E-state index in [-0.39, 0.29) is 27.8 Å². The minimum Gasteiger partial charge on any atom is -0.435 e. The molecular weight excluding hydrogens is 474 g/mol. The zero-order chi connectivity index (χ0) is 24.3. The number of aromatic nitrogens is 1. The summed E-state index contributed by atoms with van der Waals surface area (Å²) < 4.78 is 50.5. The second kappa shape index (κ2) is 8.26. The van der Waals surface area contributed by atoms with Crippen LogP contribution >= 0.6 is 11.3 Å². The van der Waals surface area contributed by atoms with E-state index in [1.54, 1.807) is 25.2 Å². The van der Waals surface area contributed by atoms with Crippen molar-refractivity contribution in [2.75, 3.05) is 12.4 Å². The number of hydrogen-bond acceptors (Lipinski definition) is 6. The van der Waals surface area contributed by atoms with E-state index in [1.165, 1.54) is 18.3 Å². The number of rotatable bonds is 5. The van der Waals surface area contributed by atoms with Crippen LogP contribution in [0.15, 0.2) is 26.9 Å². The molecule has 1 saturated carbocycles. The maximum atomic E-state index is 14.1. The Labute approximate surface area is 195 Å². The molecule has 0 radical (unpaired) electrons. The van der Waals surface area contributed by atoms with Gasteiger partial charge in [-0.2, -0.15) is 8.78 Å². The van der Waals surface area contributed by atoms with Crippen LogP contribution in [0, 0.1) is 0 Å².